The Morgan fingerprint density at radius 2 is 1.91 bits per heavy atom. The lowest BCUT2D eigenvalue weighted by Crippen LogP contribution is -2.35. The van der Waals surface area contributed by atoms with Crippen molar-refractivity contribution in [1.82, 2.24) is 10.2 Å². The van der Waals surface area contributed by atoms with E-state index in [1.54, 1.807) is 24.3 Å². The molecule has 1 aromatic carbocycles. The van der Waals surface area contributed by atoms with Crippen LogP contribution in [0.4, 0.5) is 5.69 Å². The summed E-state index contributed by atoms with van der Waals surface area (Å²) in [6.07, 6.45) is 1.09. The zero-order valence-corrected chi connectivity index (χ0v) is 14.0. The van der Waals surface area contributed by atoms with Crippen LogP contribution < -0.4 is 10.2 Å². The number of nitrogens with zero attached hydrogens (tertiary/aromatic N) is 3. The van der Waals surface area contributed by atoms with Gasteiger partial charge in [0.1, 0.15) is 6.07 Å². The minimum Gasteiger partial charge on any atom is -0.356 e. The van der Waals surface area contributed by atoms with Crippen molar-refractivity contribution in [3.63, 3.8) is 0 Å². The molecule has 0 aromatic heterocycles. The first-order chi connectivity index (χ1) is 11.0. The van der Waals surface area contributed by atoms with Gasteiger partial charge in [-0.25, -0.2) is 0 Å². The first-order valence-corrected chi connectivity index (χ1v) is 7.64. The van der Waals surface area contributed by atoms with Crippen LogP contribution in [0, 0.1) is 11.3 Å². The van der Waals surface area contributed by atoms with Crippen LogP contribution in [-0.4, -0.2) is 50.4 Å². The number of hydrogen-bond acceptors (Lipinski definition) is 4. The number of benzene rings is 1. The van der Waals surface area contributed by atoms with Crippen LogP contribution in [0.1, 0.15) is 25.3 Å². The number of anilines is 1. The maximum absolute atomic E-state index is 11.9. The highest BCUT2D eigenvalue weighted by Gasteiger charge is 2.16. The normalized spacial score (nSPS) is 10.2. The number of rotatable bonds is 8. The van der Waals surface area contributed by atoms with Crippen molar-refractivity contribution in [3.8, 4) is 6.07 Å². The summed E-state index contributed by atoms with van der Waals surface area (Å²) in [4.78, 5) is 27.2. The van der Waals surface area contributed by atoms with Crippen LogP contribution in [0.25, 0.3) is 0 Å². The molecule has 0 aliphatic rings. The smallest absolute Gasteiger partial charge is 0.223 e. The highest BCUT2D eigenvalue weighted by molar-refractivity contribution is 5.93. The Morgan fingerprint density at radius 1 is 1.22 bits per heavy atom. The van der Waals surface area contributed by atoms with E-state index >= 15 is 0 Å². The molecule has 0 fully saturated rings. The lowest BCUT2D eigenvalue weighted by atomic mass is 10.1. The molecule has 0 aliphatic heterocycles. The molecule has 1 aromatic rings. The van der Waals surface area contributed by atoms with Crippen molar-refractivity contribution in [2.45, 2.75) is 19.8 Å². The molecule has 0 atom stereocenters. The second kappa shape index (κ2) is 9.59. The van der Waals surface area contributed by atoms with Gasteiger partial charge < -0.3 is 15.1 Å². The molecule has 124 valence electrons. The zero-order chi connectivity index (χ0) is 17.2. The summed E-state index contributed by atoms with van der Waals surface area (Å²) in [6.45, 7) is 3.22. The average molecular weight is 316 g/mol. The molecule has 2 amide bonds. The van der Waals surface area contributed by atoms with Gasteiger partial charge in [-0.15, -0.1) is 0 Å². The van der Waals surface area contributed by atoms with Crippen molar-refractivity contribution in [2.24, 2.45) is 0 Å². The van der Waals surface area contributed by atoms with E-state index in [-0.39, 0.29) is 24.8 Å². The number of carbonyl (C=O) groups excluding carboxylic acids is 2. The summed E-state index contributed by atoms with van der Waals surface area (Å²) in [5.41, 5.74) is 0.969. The third-order valence-corrected chi connectivity index (χ3v) is 3.36. The molecular formula is C17H24N4O2. The van der Waals surface area contributed by atoms with E-state index in [2.05, 4.69) is 16.3 Å². The highest BCUT2D eigenvalue weighted by Crippen LogP contribution is 2.20. The van der Waals surface area contributed by atoms with E-state index in [4.69, 9.17) is 5.26 Å². The lowest BCUT2D eigenvalue weighted by molar-refractivity contribution is -0.121. The summed E-state index contributed by atoms with van der Waals surface area (Å²) >= 11 is 0. The first kappa shape index (κ1) is 18.7. The van der Waals surface area contributed by atoms with Gasteiger partial charge in [-0.05, 0) is 39.2 Å². The number of hydrogen-bond donors (Lipinski definition) is 1. The highest BCUT2D eigenvalue weighted by atomic mass is 16.2. The predicted molar refractivity (Wildman–Crippen MR) is 90.0 cm³/mol. The fraction of sp³-hybridized carbons (Fsp3) is 0.471. The Hall–Kier alpha value is -2.39. The number of para-hydroxylation sites is 1. The number of nitriles is 1. The topological polar surface area (TPSA) is 76.4 Å². The SMILES string of the molecule is CC(=O)N(CCC(=O)NCCCN(C)C)c1ccccc1C#N. The Balaban J connectivity index is 2.56. The van der Waals surface area contributed by atoms with Gasteiger partial charge in [0, 0.05) is 26.4 Å². The second-order valence-corrected chi connectivity index (χ2v) is 5.56. The summed E-state index contributed by atoms with van der Waals surface area (Å²) in [5.74, 6) is -0.280. The van der Waals surface area contributed by atoms with Gasteiger partial charge in [0.15, 0.2) is 0 Å². The van der Waals surface area contributed by atoms with Gasteiger partial charge in [-0.1, -0.05) is 12.1 Å². The first-order valence-electron chi connectivity index (χ1n) is 7.64. The number of nitrogens with one attached hydrogen (secondary N) is 1. The predicted octanol–water partition coefficient (Wildman–Crippen LogP) is 1.37. The molecule has 0 spiro atoms. The molecule has 23 heavy (non-hydrogen) atoms. The molecule has 1 N–H and O–H groups in total. The molecule has 0 unspecified atom stereocenters. The standard InChI is InChI=1S/C17H24N4O2/c1-14(22)21(16-8-5-4-7-15(16)13-18)12-9-17(23)19-10-6-11-20(2)3/h4-5,7-8H,6,9-12H2,1-3H3,(H,19,23). The third-order valence-electron chi connectivity index (χ3n) is 3.36. The van der Waals surface area contributed by atoms with Gasteiger partial charge in [0.2, 0.25) is 11.8 Å². The van der Waals surface area contributed by atoms with Crippen LogP contribution in [0.2, 0.25) is 0 Å². The van der Waals surface area contributed by atoms with E-state index in [1.807, 2.05) is 14.1 Å². The minimum atomic E-state index is -0.187. The van der Waals surface area contributed by atoms with Crippen molar-refractivity contribution in [1.29, 1.82) is 5.26 Å². The molecule has 0 heterocycles. The van der Waals surface area contributed by atoms with Crippen molar-refractivity contribution in [3.05, 3.63) is 29.8 Å². The monoisotopic (exact) mass is 316 g/mol. The molecular weight excluding hydrogens is 292 g/mol. The quantitative estimate of drug-likeness (QED) is 0.735. The Morgan fingerprint density at radius 3 is 2.52 bits per heavy atom. The van der Waals surface area contributed by atoms with Crippen LogP contribution in [0.15, 0.2) is 24.3 Å². The van der Waals surface area contributed by atoms with E-state index < -0.39 is 0 Å². The van der Waals surface area contributed by atoms with Crippen molar-refractivity contribution >= 4 is 17.5 Å². The van der Waals surface area contributed by atoms with Crippen LogP contribution in [-0.2, 0) is 9.59 Å². The Bertz CT molecular complexity index is 578. The lowest BCUT2D eigenvalue weighted by Gasteiger charge is -2.22. The Kier molecular flexibility index (Phi) is 7.78. The number of amides is 2. The molecule has 0 saturated heterocycles. The summed E-state index contributed by atoms with van der Waals surface area (Å²) in [7, 11) is 3.97. The molecule has 0 bridgehead atoms. The van der Waals surface area contributed by atoms with E-state index in [0.717, 1.165) is 13.0 Å². The molecule has 0 radical (unpaired) electrons. The van der Waals surface area contributed by atoms with E-state index in [9.17, 15) is 9.59 Å². The van der Waals surface area contributed by atoms with Crippen LogP contribution >= 0.6 is 0 Å². The van der Waals surface area contributed by atoms with Gasteiger partial charge >= 0.3 is 0 Å². The third kappa shape index (κ3) is 6.49. The van der Waals surface area contributed by atoms with Crippen molar-refractivity contribution in [2.75, 3.05) is 38.6 Å². The van der Waals surface area contributed by atoms with Crippen molar-refractivity contribution < 1.29 is 9.59 Å². The number of carbonyl (C=O) groups is 2. The fourth-order valence-corrected chi connectivity index (χ4v) is 2.18. The van der Waals surface area contributed by atoms with Gasteiger partial charge in [-0.3, -0.25) is 9.59 Å². The van der Waals surface area contributed by atoms with E-state index in [1.165, 1.54) is 11.8 Å². The summed E-state index contributed by atoms with van der Waals surface area (Å²) in [5, 5.41) is 12.0. The minimum absolute atomic E-state index is 0.0931. The maximum Gasteiger partial charge on any atom is 0.223 e. The molecule has 0 saturated carbocycles. The molecule has 6 nitrogen and oxygen atoms in total. The average Bonchev–Trinajstić information content (AvgIpc) is 2.51. The fourth-order valence-electron chi connectivity index (χ4n) is 2.18. The molecule has 6 heteroatoms. The summed E-state index contributed by atoms with van der Waals surface area (Å²) in [6, 6.07) is 8.97. The second-order valence-electron chi connectivity index (χ2n) is 5.56. The van der Waals surface area contributed by atoms with Gasteiger partial charge in [0.25, 0.3) is 0 Å². The largest absolute Gasteiger partial charge is 0.356 e. The summed E-state index contributed by atoms with van der Waals surface area (Å²) < 4.78 is 0. The van der Waals surface area contributed by atoms with Crippen LogP contribution in [0.5, 0.6) is 0 Å². The molecule has 1 rings (SSSR count). The van der Waals surface area contributed by atoms with Crippen LogP contribution in [0.3, 0.4) is 0 Å². The zero-order valence-electron chi connectivity index (χ0n) is 14.0. The molecule has 0 aliphatic carbocycles. The van der Waals surface area contributed by atoms with E-state index in [0.29, 0.717) is 17.8 Å². The van der Waals surface area contributed by atoms with Gasteiger partial charge in [0.05, 0.1) is 11.3 Å². The maximum atomic E-state index is 11.9. The van der Waals surface area contributed by atoms with Gasteiger partial charge in [-0.2, -0.15) is 5.26 Å². The Labute approximate surface area is 137 Å².